The van der Waals surface area contributed by atoms with Gasteiger partial charge in [-0.2, -0.15) is 5.10 Å². The summed E-state index contributed by atoms with van der Waals surface area (Å²) in [4.78, 5) is 0. The van der Waals surface area contributed by atoms with Crippen LogP contribution in [0, 0.1) is 5.82 Å². The lowest BCUT2D eigenvalue weighted by Gasteiger charge is -2.05. The Morgan fingerprint density at radius 3 is 2.67 bits per heavy atom. The number of halogens is 1. The largest absolute Gasteiger partial charge is 0.327 e. The van der Waals surface area contributed by atoms with Crippen LogP contribution in [0.25, 0.3) is 0 Å². The Kier molecular flexibility index (Phi) is 4.10. The van der Waals surface area contributed by atoms with Crippen molar-refractivity contribution in [3.8, 4) is 0 Å². The van der Waals surface area contributed by atoms with Gasteiger partial charge in [0.15, 0.2) is 0 Å². The van der Waals surface area contributed by atoms with Gasteiger partial charge < -0.3 is 5.73 Å². The summed E-state index contributed by atoms with van der Waals surface area (Å²) in [7, 11) is 0. The molecule has 96 valence electrons. The standard InChI is InChI=1S/C14H18FN3/c1-2-14(16)7-12-8-17-18(10-12)9-11-3-5-13(15)6-4-11/h3-6,8,10,14H,2,7,9,16H2,1H3. The molecule has 0 bridgehead atoms. The molecule has 0 amide bonds. The van der Waals surface area contributed by atoms with Crippen molar-refractivity contribution in [3.05, 3.63) is 53.6 Å². The molecule has 0 saturated carbocycles. The molecule has 0 aliphatic carbocycles. The molecule has 2 aromatic rings. The highest BCUT2D eigenvalue weighted by molar-refractivity contribution is 5.17. The minimum Gasteiger partial charge on any atom is -0.327 e. The number of benzene rings is 1. The molecule has 0 aliphatic rings. The van der Waals surface area contributed by atoms with E-state index in [9.17, 15) is 4.39 Å². The SMILES string of the molecule is CCC(N)Cc1cnn(Cc2ccc(F)cc2)c1. The number of hydrogen-bond donors (Lipinski definition) is 1. The topological polar surface area (TPSA) is 43.8 Å². The summed E-state index contributed by atoms with van der Waals surface area (Å²) in [5, 5.41) is 4.29. The van der Waals surface area contributed by atoms with E-state index in [0.717, 1.165) is 24.0 Å². The first-order valence-electron chi connectivity index (χ1n) is 6.18. The van der Waals surface area contributed by atoms with Gasteiger partial charge in [-0.05, 0) is 36.1 Å². The van der Waals surface area contributed by atoms with Crippen molar-refractivity contribution in [2.24, 2.45) is 5.73 Å². The predicted molar refractivity (Wildman–Crippen MR) is 69.7 cm³/mol. The van der Waals surface area contributed by atoms with Crippen molar-refractivity contribution >= 4 is 0 Å². The van der Waals surface area contributed by atoms with Crippen LogP contribution in [0.5, 0.6) is 0 Å². The highest BCUT2D eigenvalue weighted by Crippen LogP contribution is 2.07. The van der Waals surface area contributed by atoms with E-state index in [1.54, 1.807) is 12.1 Å². The molecule has 0 radical (unpaired) electrons. The maximum atomic E-state index is 12.8. The zero-order valence-corrected chi connectivity index (χ0v) is 10.5. The van der Waals surface area contributed by atoms with Gasteiger partial charge in [-0.15, -0.1) is 0 Å². The van der Waals surface area contributed by atoms with Crippen LogP contribution in [0.4, 0.5) is 4.39 Å². The third kappa shape index (κ3) is 3.40. The van der Waals surface area contributed by atoms with Gasteiger partial charge in [-0.25, -0.2) is 4.39 Å². The first-order chi connectivity index (χ1) is 8.67. The molecule has 4 heteroatoms. The first-order valence-corrected chi connectivity index (χ1v) is 6.18. The van der Waals surface area contributed by atoms with Gasteiger partial charge in [0.25, 0.3) is 0 Å². The molecule has 0 aliphatic heterocycles. The molecule has 1 aromatic heterocycles. The number of nitrogens with two attached hydrogens (primary N) is 1. The summed E-state index contributed by atoms with van der Waals surface area (Å²) < 4.78 is 14.6. The van der Waals surface area contributed by atoms with E-state index in [2.05, 4.69) is 12.0 Å². The Morgan fingerprint density at radius 1 is 1.28 bits per heavy atom. The van der Waals surface area contributed by atoms with E-state index in [-0.39, 0.29) is 11.9 Å². The second-order valence-electron chi connectivity index (χ2n) is 4.55. The average Bonchev–Trinajstić information content (AvgIpc) is 2.79. The monoisotopic (exact) mass is 247 g/mol. The Balaban J connectivity index is 2.00. The van der Waals surface area contributed by atoms with Crippen molar-refractivity contribution in [2.75, 3.05) is 0 Å². The second-order valence-corrected chi connectivity index (χ2v) is 4.55. The average molecular weight is 247 g/mol. The third-order valence-electron chi connectivity index (χ3n) is 2.97. The molecule has 2 N–H and O–H groups in total. The fourth-order valence-electron chi connectivity index (χ4n) is 1.82. The lowest BCUT2D eigenvalue weighted by Crippen LogP contribution is -2.21. The molecule has 1 heterocycles. The molecular formula is C14H18FN3. The number of rotatable bonds is 5. The van der Waals surface area contributed by atoms with Crippen LogP contribution in [0.15, 0.2) is 36.7 Å². The van der Waals surface area contributed by atoms with Gasteiger partial charge in [-0.1, -0.05) is 19.1 Å². The highest BCUT2D eigenvalue weighted by atomic mass is 19.1. The lowest BCUT2D eigenvalue weighted by molar-refractivity contribution is 0.624. The van der Waals surface area contributed by atoms with Crippen LogP contribution in [-0.4, -0.2) is 15.8 Å². The van der Waals surface area contributed by atoms with Gasteiger partial charge >= 0.3 is 0 Å². The Morgan fingerprint density at radius 2 is 2.00 bits per heavy atom. The Bertz CT molecular complexity index is 490. The van der Waals surface area contributed by atoms with Crippen molar-refractivity contribution < 1.29 is 4.39 Å². The van der Waals surface area contributed by atoms with E-state index < -0.39 is 0 Å². The van der Waals surface area contributed by atoms with Crippen molar-refractivity contribution in [3.63, 3.8) is 0 Å². The quantitative estimate of drug-likeness (QED) is 0.881. The van der Waals surface area contributed by atoms with Crippen LogP contribution >= 0.6 is 0 Å². The van der Waals surface area contributed by atoms with Crippen LogP contribution < -0.4 is 5.73 Å². The van der Waals surface area contributed by atoms with Crippen molar-refractivity contribution in [2.45, 2.75) is 32.4 Å². The normalized spacial score (nSPS) is 12.6. The summed E-state index contributed by atoms with van der Waals surface area (Å²) in [5.41, 5.74) is 8.08. The van der Waals surface area contributed by atoms with Crippen LogP contribution in [0.1, 0.15) is 24.5 Å². The van der Waals surface area contributed by atoms with Crippen molar-refractivity contribution in [1.82, 2.24) is 9.78 Å². The molecule has 2 rings (SSSR count). The van der Waals surface area contributed by atoms with E-state index >= 15 is 0 Å². The summed E-state index contributed by atoms with van der Waals surface area (Å²) in [5.74, 6) is -0.214. The molecule has 1 atom stereocenters. The van der Waals surface area contributed by atoms with E-state index in [0.29, 0.717) is 6.54 Å². The van der Waals surface area contributed by atoms with Gasteiger partial charge in [0.2, 0.25) is 0 Å². The predicted octanol–water partition coefficient (Wildman–Crippen LogP) is 2.35. The molecular weight excluding hydrogens is 229 g/mol. The van der Waals surface area contributed by atoms with Gasteiger partial charge in [0.1, 0.15) is 5.82 Å². The lowest BCUT2D eigenvalue weighted by atomic mass is 10.1. The molecule has 18 heavy (non-hydrogen) atoms. The minimum absolute atomic E-state index is 0.188. The van der Waals surface area contributed by atoms with E-state index in [1.807, 2.05) is 17.1 Å². The third-order valence-corrected chi connectivity index (χ3v) is 2.97. The zero-order valence-electron chi connectivity index (χ0n) is 10.5. The first kappa shape index (κ1) is 12.8. The second kappa shape index (κ2) is 5.78. The maximum Gasteiger partial charge on any atom is 0.123 e. The number of nitrogens with zero attached hydrogens (tertiary/aromatic N) is 2. The highest BCUT2D eigenvalue weighted by Gasteiger charge is 2.04. The molecule has 0 fully saturated rings. The summed E-state index contributed by atoms with van der Waals surface area (Å²) in [6.07, 6.45) is 5.65. The van der Waals surface area contributed by atoms with Crippen molar-refractivity contribution in [1.29, 1.82) is 0 Å². The summed E-state index contributed by atoms with van der Waals surface area (Å²) >= 11 is 0. The van der Waals surface area contributed by atoms with Gasteiger partial charge in [0.05, 0.1) is 12.7 Å². The molecule has 3 nitrogen and oxygen atoms in total. The number of hydrogen-bond acceptors (Lipinski definition) is 2. The Labute approximate surface area is 106 Å². The summed E-state index contributed by atoms with van der Waals surface area (Å²) in [6, 6.07) is 6.66. The van der Waals surface area contributed by atoms with Crippen LogP contribution in [0.3, 0.4) is 0 Å². The zero-order chi connectivity index (χ0) is 13.0. The smallest absolute Gasteiger partial charge is 0.123 e. The van der Waals surface area contributed by atoms with Gasteiger partial charge in [-0.3, -0.25) is 4.68 Å². The fraction of sp³-hybridized carbons (Fsp3) is 0.357. The number of aromatic nitrogens is 2. The van der Waals surface area contributed by atoms with E-state index in [1.165, 1.54) is 12.1 Å². The maximum absolute atomic E-state index is 12.8. The molecule has 0 saturated heterocycles. The fourth-order valence-corrected chi connectivity index (χ4v) is 1.82. The van der Waals surface area contributed by atoms with E-state index in [4.69, 9.17) is 5.73 Å². The molecule has 1 aromatic carbocycles. The molecule has 0 spiro atoms. The van der Waals surface area contributed by atoms with Gasteiger partial charge in [0, 0.05) is 12.2 Å². The Hall–Kier alpha value is -1.68. The summed E-state index contributed by atoms with van der Waals surface area (Å²) in [6.45, 7) is 2.73. The minimum atomic E-state index is -0.214. The van der Waals surface area contributed by atoms with Crippen LogP contribution in [0.2, 0.25) is 0 Å². The van der Waals surface area contributed by atoms with Crippen LogP contribution in [-0.2, 0) is 13.0 Å². The molecule has 1 unspecified atom stereocenters.